The summed E-state index contributed by atoms with van der Waals surface area (Å²) >= 11 is 0. The van der Waals surface area contributed by atoms with E-state index in [0.29, 0.717) is 5.92 Å². The molecule has 0 amide bonds. The molecule has 0 nitrogen and oxygen atoms in total. The molecule has 0 saturated heterocycles. The number of allylic oxidation sites excluding steroid dienone is 6. The Morgan fingerprint density at radius 1 is 1.31 bits per heavy atom. The topological polar surface area (TPSA) is 0 Å². The summed E-state index contributed by atoms with van der Waals surface area (Å²) in [6, 6.07) is 0. The maximum atomic E-state index is 2.41. The van der Waals surface area contributed by atoms with Crippen LogP contribution in [0.25, 0.3) is 0 Å². The number of hydrogen-bond acceptors (Lipinski definition) is 0. The lowest BCUT2D eigenvalue weighted by atomic mass is 9.71. The van der Waals surface area contributed by atoms with Crippen LogP contribution in [-0.2, 0) is 0 Å². The Balaban J connectivity index is 3.24. The standard InChI is InChI=1S/C16H26/c1-8-11(2)14-10-9-12(3)15(13(14)4)16(5,6)7/h8-9,14H,10H2,1-7H3/b11-8-. The lowest BCUT2D eigenvalue weighted by Gasteiger charge is -2.34. The van der Waals surface area contributed by atoms with Crippen molar-refractivity contribution in [3.05, 3.63) is 34.4 Å². The summed E-state index contributed by atoms with van der Waals surface area (Å²) in [5, 5.41) is 0. The lowest BCUT2D eigenvalue weighted by molar-refractivity contribution is 0.488. The molecule has 0 fully saturated rings. The van der Waals surface area contributed by atoms with Gasteiger partial charge in [-0.3, -0.25) is 0 Å². The molecule has 0 aromatic heterocycles. The molecule has 0 heterocycles. The average Bonchev–Trinajstić information content (AvgIpc) is 2.14. The zero-order chi connectivity index (χ0) is 12.5. The van der Waals surface area contributed by atoms with Gasteiger partial charge in [-0.2, -0.15) is 0 Å². The van der Waals surface area contributed by atoms with E-state index >= 15 is 0 Å². The van der Waals surface area contributed by atoms with Crippen LogP contribution in [0.3, 0.4) is 0 Å². The molecule has 1 aliphatic rings. The van der Waals surface area contributed by atoms with Crippen molar-refractivity contribution in [2.24, 2.45) is 11.3 Å². The molecular weight excluding hydrogens is 192 g/mol. The third-order valence-corrected chi connectivity index (χ3v) is 3.73. The van der Waals surface area contributed by atoms with Gasteiger partial charge in [0, 0.05) is 5.92 Å². The summed E-state index contributed by atoms with van der Waals surface area (Å²) in [6.07, 6.45) is 5.83. The minimum atomic E-state index is 0.261. The van der Waals surface area contributed by atoms with Crippen LogP contribution in [0.2, 0.25) is 0 Å². The SMILES string of the molecule is C/C=C(/C)C1CC=C(C)C(C(C)(C)C)=C1C. The van der Waals surface area contributed by atoms with Gasteiger partial charge in [-0.1, -0.05) is 49.6 Å². The van der Waals surface area contributed by atoms with Crippen molar-refractivity contribution in [2.45, 2.75) is 54.9 Å². The summed E-state index contributed by atoms with van der Waals surface area (Å²) < 4.78 is 0. The highest BCUT2D eigenvalue weighted by atomic mass is 14.3. The van der Waals surface area contributed by atoms with Crippen LogP contribution in [0.15, 0.2) is 34.4 Å². The smallest absolute Gasteiger partial charge is 0.00421 e. The van der Waals surface area contributed by atoms with E-state index in [-0.39, 0.29) is 5.41 Å². The molecule has 0 aromatic rings. The Kier molecular flexibility index (Phi) is 3.83. The predicted molar refractivity (Wildman–Crippen MR) is 73.5 cm³/mol. The molecule has 90 valence electrons. The van der Waals surface area contributed by atoms with Gasteiger partial charge in [0.1, 0.15) is 0 Å². The molecule has 0 heteroatoms. The summed E-state index contributed by atoms with van der Waals surface area (Å²) in [4.78, 5) is 0. The van der Waals surface area contributed by atoms with Gasteiger partial charge in [0.25, 0.3) is 0 Å². The first kappa shape index (κ1) is 13.3. The van der Waals surface area contributed by atoms with Crippen molar-refractivity contribution >= 4 is 0 Å². The zero-order valence-corrected chi connectivity index (χ0v) is 11.9. The molecular formula is C16H26. The fourth-order valence-corrected chi connectivity index (χ4v) is 2.97. The number of rotatable bonds is 1. The molecule has 0 spiro atoms. The van der Waals surface area contributed by atoms with Gasteiger partial charge in [0.15, 0.2) is 0 Å². The highest BCUT2D eigenvalue weighted by molar-refractivity contribution is 5.43. The van der Waals surface area contributed by atoms with Crippen LogP contribution < -0.4 is 0 Å². The second-order valence-corrected chi connectivity index (χ2v) is 6.02. The molecule has 1 atom stereocenters. The van der Waals surface area contributed by atoms with E-state index in [2.05, 4.69) is 60.6 Å². The van der Waals surface area contributed by atoms with Crippen LogP contribution in [0.1, 0.15) is 54.9 Å². The summed E-state index contributed by atoms with van der Waals surface area (Å²) in [5.41, 5.74) is 6.37. The van der Waals surface area contributed by atoms with Crippen LogP contribution in [-0.4, -0.2) is 0 Å². The molecule has 0 N–H and O–H groups in total. The third kappa shape index (κ3) is 2.48. The van der Waals surface area contributed by atoms with E-state index in [1.54, 1.807) is 11.1 Å². The highest BCUT2D eigenvalue weighted by Crippen LogP contribution is 2.42. The van der Waals surface area contributed by atoms with E-state index < -0.39 is 0 Å². The minimum absolute atomic E-state index is 0.261. The third-order valence-electron chi connectivity index (χ3n) is 3.73. The van der Waals surface area contributed by atoms with E-state index in [1.807, 2.05) is 0 Å². The largest absolute Gasteiger partial charge is 0.0881 e. The Morgan fingerprint density at radius 2 is 1.88 bits per heavy atom. The van der Waals surface area contributed by atoms with E-state index in [4.69, 9.17) is 0 Å². The summed E-state index contributed by atoms with van der Waals surface area (Å²) in [6.45, 7) is 15.9. The molecule has 1 unspecified atom stereocenters. The second kappa shape index (κ2) is 4.61. The van der Waals surface area contributed by atoms with E-state index in [1.165, 1.54) is 17.6 Å². The fourth-order valence-electron chi connectivity index (χ4n) is 2.97. The lowest BCUT2D eigenvalue weighted by Crippen LogP contribution is -2.19. The Bertz CT molecular complexity index is 356. The van der Waals surface area contributed by atoms with Crippen molar-refractivity contribution in [1.82, 2.24) is 0 Å². The maximum absolute atomic E-state index is 2.41. The molecule has 0 aromatic carbocycles. The van der Waals surface area contributed by atoms with Gasteiger partial charge in [-0.15, -0.1) is 0 Å². The monoisotopic (exact) mass is 218 g/mol. The molecule has 1 rings (SSSR count). The van der Waals surface area contributed by atoms with Gasteiger partial charge in [0.05, 0.1) is 0 Å². The first-order chi connectivity index (χ1) is 7.29. The number of hydrogen-bond donors (Lipinski definition) is 0. The minimum Gasteiger partial charge on any atom is -0.0881 e. The van der Waals surface area contributed by atoms with Crippen molar-refractivity contribution in [3.8, 4) is 0 Å². The average molecular weight is 218 g/mol. The van der Waals surface area contributed by atoms with E-state index in [9.17, 15) is 0 Å². The van der Waals surface area contributed by atoms with Crippen molar-refractivity contribution < 1.29 is 0 Å². The van der Waals surface area contributed by atoms with Gasteiger partial charge >= 0.3 is 0 Å². The maximum Gasteiger partial charge on any atom is 0.00421 e. The van der Waals surface area contributed by atoms with Gasteiger partial charge in [-0.05, 0) is 45.1 Å². The molecule has 0 aliphatic heterocycles. The summed E-state index contributed by atoms with van der Waals surface area (Å²) in [7, 11) is 0. The predicted octanol–water partition coefficient (Wildman–Crippen LogP) is 5.28. The molecule has 1 aliphatic carbocycles. The Labute approximate surface area is 101 Å². The highest BCUT2D eigenvalue weighted by Gasteiger charge is 2.27. The quantitative estimate of drug-likeness (QED) is 0.525. The first-order valence-electron chi connectivity index (χ1n) is 6.30. The Morgan fingerprint density at radius 3 is 2.31 bits per heavy atom. The molecule has 0 saturated carbocycles. The first-order valence-corrected chi connectivity index (χ1v) is 6.30. The van der Waals surface area contributed by atoms with Gasteiger partial charge < -0.3 is 0 Å². The molecule has 16 heavy (non-hydrogen) atoms. The van der Waals surface area contributed by atoms with Crippen LogP contribution in [0.4, 0.5) is 0 Å². The van der Waals surface area contributed by atoms with Crippen molar-refractivity contribution in [2.75, 3.05) is 0 Å². The van der Waals surface area contributed by atoms with E-state index in [0.717, 1.165) is 0 Å². The fraction of sp³-hybridized carbons (Fsp3) is 0.625. The van der Waals surface area contributed by atoms with Crippen molar-refractivity contribution in [3.63, 3.8) is 0 Å². The van der Waals surface area contributed by atoms with Gasteiger partial charge in [-0.25, -0.2) is 0 Å². The van der Waals surface area contributed by atoms with Crippen LogP contribution in [0, 0.1) is 11.3 Å². The molecule has 0 bridgehead atoms. The molecule has 0 radical (unpaired) electrons. The normalized spacial score (nSPS) is 23.6. The zero-order valence-electron chi connectivity index (χ0n) is 11.9. The van der Waals surface area contributed by atoms with Crippen LogP contribution in [0.5, 0.6) is 0 Å². The van der Waals surface area contributed by atoms with Crippen molar-refractivity contribution in [1.29, 1.82) is 0 Å². The Hall–Kier alpha value is -0.780. The summed E-state index contributed by atoms with van der Waals surface area (Å²) in [5.74, 6) is 0.628. The second-order valence-electron chi connectivity index (χ2n) is 6.02. The van der Waals surface area contributed by atoms with Gasteiger partial charge in [0.2, 0.25) is 0 Å². The van der Waals surface area contributed by atoms with Crippen LogP contribution >= 0.6 is 0 Å².